The van der Waals surface area contributed by atoms with Crippen LogP contribution < -0.4 is 5.32 Å². The van der Waals surface area contributed by atoms with Gasteiger partial charge in [0.05, 0.1) is 0 Å². The van der Waals surface area contributed by atoms with Crippen LogP contribution in [0, 0.1) is 5.41 Å². The number of aromatic nitrogens is 3. The first-order chi connectivity index (χ1) is 5.70. The fourth-order valence-corrected chi connectivity index (χ4v) is 1.14. The fourth-order valence-electron chi connectivity index (χ4n) is 1.14. The highest BCUT2D eigenvalue weighted by Crippen LogP contribution is 2.44. The molecule has 0 radical (unpaired) electrons. The lowest BCUT2D eigenvalue weighted by molar-refractivity contribution is 0.603. The minimum atomic E-state index is 0.520. The molecule has 0 aliphatic heterocycles. The average molecular weight is 166 g/mol. The van der Waals surface area contributed by atoms with Crippen LogP contribution in [0.2, 0.25) is 0 Å². The van der Waals surface area contributed by atoms with Crippen molar-refractivity contribution in [1.29, 1.82) is 0 Å². The van der Waals surface area contributed by atoms with E-state index in [1.165, 1.54) is 12.8 Å². The molecule has 0 saturated heterocycles. The Morgan fingerprint density at radius 2 is 2.42 bits per heavy atom. The zero-order chi connectivity index (χ0) is 8.60. The Morgan fingerprint density at radius 1 is 1.67 bits per heavy atom. The van der Waals surface area contributed by atoms with Crippen LogP contribution in [0.25, 0.3) is 0 Å². The van der Waals surface area contributed by atoms with E-state index in [9.17, 15) is 0 Å². The molecular weight excluding hydrogens is 152 g/mol. The first-order valence-electron chi connectivity index (χ1n) is 4.28. The van der Waals surface area contributed by atoms with E-state index in [0.29, 0.717) is 5.41 Å². The van der Waals surface area contributed by atoms with Crippen molar-refractivity contribution in [3.05, 3.63) is 6.33 Å². The Labute approximate surface area is 72.0 Å². The van der Waals surface area contributed by atoms with Crippen LogP contribution in [-0.4, -0.2) is 21.3 Å². The number of aryl methyl sites for hydroxylation is 1. The molecule has 0 amide bonds. The van der Waals surface area contributed by atoms with Crippen molar-refractivity contribution in [1.82, 2.24) is 14.8 Å². The van der Waals surface area contributed by atoms with Gasteiger partial charge >= 0.3 is 0 Å². The third-order valence-corrected chi connectivity index (χ3v) is 2.49. The zero-order valence-corrected chi connectivity index (χ0v) is 7.54. The summed E-state index contributed by atoms with van der Waals surface area (Å²) in [4.78, 5) is 4.09. The van der Waals surface area contributed by atoms with Gasteiger partial charge in [0.15, 0.2) is 0 Å². The number of nitrogens with zero attached hydrogens (tertiary/aromatic N) is 3. The van der Waals surface area contributed by atoms with E-state index in [1.807, 2.05) is 7.05 Å². The average Bonchev–Trinajstić information content (AvgIpc) is 2.61. The van der Waals surface area contributed by atoms with Crippen LogP contribution in [0.3, 0.4) is 0 Å². The summed E-state index contributed by atoms with van der Waals surface area (Å²) < 4.78 is 1.76. The fraction of sp³-hybridized carbons (Fsp3) is 0.750. The normalized spacial score (nSPS) is 19.2. The summed E-state index contributed by atoms with van der Waals surface area (Å²) in [5.74, 6) is 0.864. The molecule has 1 heterocycles. The van der Waals surface area contributed by atoms with Crippen molar-refractivity contribution >= 4 is 5.95 Å². The molecule has 4 nitrogen and oxygen atoms in total. The summed E-state index contributed by atoms with van der Waals surface area (Å²) in [6.45, 7) is 3.30. The first kappa shape index (κ1) is 7.58. The second kappa shape index (κ2) is 2.47. The van der Waals surface area contributed by atoms with Gasteiger partial charge in [0.2, 0.25) is 5.95 Å². The summed E-state index contributed by atoms with van der Waals surface area (Å²) in [7, 11) is 1.89. The molecule has 66 valence electrons. The predicted octanol–water partition coefficient (Wildman–Crippen LogP) is 1.03. The van der Waals surface area contributed by atoms with Crippen molar-refractivity contribution in [3.8, 4) is 0 Å². The van der Waals surface area contributed by atoms with E-state index in [-0.39, 0.29) is 0 Å². The van der Waals surface area contributed by atoms with Gasteiger partial charge in [-0.25, -0.2) is 4.68 Å². The lowest BCUT2D eigenvalue weighted by atomic mass is 10.1. The molecule has 4 heteroatoms. The molecule has 1 aliphatic rings. The second-order valence-corrected chi connectivity index (χ2v) is 3.87. The maximum Gasteiger partial charge on any atom is 0.220 e. The molecule has 0 spiro atoms. The van der Waals surface area contributed by atoms with Gasteiger partial charge in [0.1, 0.15) is 6.33 Å². The number of anilines is 1. The monoisotopic (exact) mass is 166 g/mol. The van der Waals surface area contributed by atoms with Crippen molar-refractivity contribution in [2.24, 2.45) is 12.5 Å². The Bertz CT molecular complexity index is 274. The van der Waals surface area contributed by atoms with Crippen LogP contribution in [-0.2, 0) is 7.05 Å². The maximum absolute atomic E-state index is 4.09. The first-order valence-corrected chi connectivity index (χ1v) is 4.28. The van der Waals surface area contributed by atoms with Gasteiger partial charge in [-0.3, -0.25) is 0 Å². The van der Waals surface area contributed by atoms with Gasteiger partial charge in [-0.2, -0.15) is 10.1 Å². The Balaban J connectivity index is 1.91. The molecule has 0 atom stereocenters. The third kappa shape index (κ3) is 1.42. The minimum Gasteiger partial charge on any atom is -0.354 e. The minimum absolute atomic E-state index is 0.520. The Morgan fingerprint density at radius 3 is 2.92 bits per heavy atom. The molecule has 1 N–H and O–H groups in total. The lowest BCUT2D eigenvalue weighted by Gasteiger charge is -2.09. The van der Waals surface area contributed by atoms with Gasteiger partial charge in [-0.15, -0.1) is 0 Å². The summed E-state index contributed by atoms with van der Waals surface area (Å²) in [6.07, 6.45) is 4.23. The molecule has 2 rings (SSSR count). The number of nitrogens with one attached hydrogen (secondary N) is 1. The summed E-state index contributed by atoms with van der Waals surface area (Å²) in [5, 5.41) is 7.27. The molecule has 0 unspecified atom stereocenters. The molecule has 1 saturated carbocycles. The van der Waals surface area contributed by atoms with E-state index in [1.54, 1.807) is 11.0 Å². The van der Waals surface area contributed by atoms with E-state index < -0.39 is 0 Å². The molecule has 0 aromatic carbocycles. The van der Waals surface area contributed by atoms with E-state index in [0.717, 1.165) is 12.5 Å². The van der Waals surface area contributed by atoms with E-state index in [4.69, 9.17) is 0 Å². The van der Waals surface area contributed by atoms with Gasteiger partial charge in [0, 0.05) is 13.6 Å². The second-order valence-electron chi connectivity index (χ2n) is 3.87. The third-order valence-electron chi connectivity index (χ3n) is 2.49. The van der Waals surface area contributed by atoms with Crippen molar-refractivity contribution < 1.29 is 0 Å². The number of rotatable bonds is 3. The quantitative estimate of drug-likeness (QED) is 0.729. The highest BCUT2D eigenvalue weighted by Gasteiger charge is 2.36. The van der Waals surface area contributed by atoms with Gasteiger partial charge in [-0.05, 0) is 18.3 Å². The molecule has 1 aromatic heterocycles. The van der Waals surface area contributed by atoms with Crippen LogP contribution in [0.5, 0.6) is 0 Å². The smallest absolute Gasteiger partial charge is 0.220 e. The zero-order valence-electron chi connectivity index (χ0n) is 7.54. The van der Waals surface area contributed by atoms with E-state index >= 15 is 0 Å². The van der Waals surface area contributed by atoms with Crippen LogP contribution in [0.1, 0.15) is 19.8 Å². The molecule has 12 heavy (non-hydrogen) atoms. The standard InChI is InChI=1S/C8H14N4/c1-8(3-4-8)5-9-7-10-6-11-12(7)2/h6H,3-5H2,1-2H3,(H,9,10,11). The highest BCUT2D eigenvalue weighted by molar-refractivity contribution is 5.23. The van der Waals surface area contributed by atoms with E-state index in [2.05, 4.69) is 22.3 Å². The summed E-state index contributed by atoms with van der Waals surface area (Å²) >= 11 is 0. The lowest BCUT2D eigenvalue weighted by Crippen LogP contribution is -2.14. The van der Waals surface area contributed by atoms with Crippen LogP contribution in [0.4, 0.5) is 5.95 Å². The number of hydrogen-bond donors (Lipinski definition) is 1. The topological polar surface area (TPSA) is 42.7 Å². The molecular formula is C8H14N4. The predicted molar refractivity (Wildman–Crippen MR) is 46.8 cm³/mol. The van der Waals surface area contributed by atoms with Gasteiger partial charge < -0.3 is 5.32 Å². The molecule has 0 bridgehead atoms. The highest BCUT2D eigenvalue weighted by atomic mass is 15.4. The Hall–Kier alpha value is -1.06. The van der Waals surface area contributed by atoms with Gasteiger partial charge in [0.25, 0.3) is 0 Å². The molecule has 1 aliphatic carbocycles. The number of hydrogen-bond acceptors (Lipinski definition) is 3. The summed E-state index contributed by atoms with van der Waals surface area (Å²) in [6, 6.07) is 0. The van der Waals surface area contributed by atoms with Crippen molar-refractivity contribution in [2.75, 3.05) is 11.9 Å². The maximum atomic E-state index is 4.09. The van der Waals surface area contributed by atoms with Crippen LogP contribution >= 0.6 is 0 Å². The largest absolute Gasteiger partial charge is 0.354 e. The molecule has 1 aromatic rings. The van der Waals surface area contributed by atoms with Gasteiger partial charge in [-0.1, -0.05) is 6.92 Å². The summed E-state index contributed by atoms with van der Waals surface area (Å²) in [5.41, 5.74) is 0.520. The van der Waals surface area contributed by atoms with Crippen molar-refractivity contribution in [2.45, 2.75) is 19.8 Å². The molecule has 1 fully saturated rings. The Kier molecular flexibility index (Phi) is 1.56. The van der Waals surface area contributed by atoms with Crippen molar-refractivity contribution in [3.63, 3.8) is 0 Å². The SMILES string of the molecule is Cn1ncnc1NCC1(C)CC1. The van der Waals surface area contributed by atoms with Crippen LogP contribution in [0.15, 0.2) is 6.33 Å².